The van der Waals surface area contributed by atoms with Gasteiger partial charge in [0.15, 0.2) is 5.78 Å². The van der Waals surface area contributed by atoms with Gasteiger partial charge < -0.3 is 4.74 Å². The van der Waals surface area contributed by atoms with Crippen molar-refractivity contribution < 1.29 is 9.53 Å². The summed E-state index contributed by atoms with van der Waals surface area (Å²) in [6, 6.07) is 17.7. The van der Waals surface area contributed by atoms with Crippen LogP contribution in [-0.2, 0) is 4.74 Å². The molecule has 0 saturated heterocycles. The molecule has 0 saturated carbocycles. The monoisotopic (exact) mass is 226 g/mol. The van der Waals surface area contributed by atoms with Crippen LogP contribution in [0.3, 0.4) is 0 Å². The maximum Gasteiger partial charge on any atom is 0.188 e. The first-order chi connectivity index (χ1) is 8.31. The molecule has 2 aromatic carbocycles. The van der Waals surface area contributed by atoms with E-state index in [1.165, 1.54) is 7.11 Å². The minimum Gasteiger partial charge on any atom is -0.377 e. The summed E-state index contributed by atoms with van der Waals surface area (Å²) in [5.74, 6) is 0.00658. The first-order valence-corrected chi connectivity index (χ1v) is 5.49. The van der Waals surface area contributed by atoms with E-state index in [0.717, 1.165) is 11.1 Å². The second-order valence-electron chi connectivity index (χ2n) is 3.80. The van der Waals surface area contributed by atoms with E-state index in [9.17, 15) is 4.79 Å². The summed E-state index contributed by atoms with van der Waals surface area (Å²) in [7, 11) is 1.52. The molecule has 0 bridgehead atoms. The van der Waals surface area contributed by atoms with Gasteiger partial charge in [0, 0.05) is 12.7 Å². The van der Waals surface area contributed by atoms with E-state index < -0.39 is 0 Å². The van der Waals surface area contributed by atoms with Crippen LogP contribution in [0.4, 0.5) is 0 Å². The molecule has 0 aromatic heterocycles. The third kappa shape index (κ3) is 2.80. The second kappa shape index (κ2) is 5.41. The molecule has 0 heterocycles. The number of rotatable bonds is 4. The summed E-state index contributed by atoms with van der Waals surface area (Å²) in [6.07, 6.45) is 0. The van der Waals surface area contributed by atoms with E-state index in [1.807, 2.05) is 54.6 Å². The maximum absolute atomic E-state index is 11.6. The minimum atomic E-state index is 0.00658. The molecule has 0 radical (unpaired) electrons. The Hall–Kier alpha value is -1.93. The molecule has 2 nitrogen and oxygen atoms in total. The van der Waals surface area contributed by atoms with Crippen LogP contribution in [0.15, 0.2) is 54.6 Å². The summed E-state index contributed by atoms with van der Waals surface area (Å²) < 4.78 is 4.82. The maximum atomic E-state index is 11.6. The zero-order chi connectivity index (χ0) is 12.1. The van der Waals surface area contributed by atoms with Gasteiger partial charge in [-0.3, -0.25) is 4.79 Å². The van der Waals surface area contributed by atoms with Gasteiger partial charge in [-0.25, -0.2) is 0 Å². The smallest absolute Gasteiger partial charge is 0.188 e. The Bertz CT molecular complexity index is 486. The molecule has 0 fully saturated rings. The van der Waals surface area contributed by atoms with E-state index in [4.69, 9.17) is 4.74 Å². The normalized spacial score (nSPS) is 10.2. The lowest BCUT2D eigenvalue weighted by Crippen LogP contribution is -2.06. The van der Waals surface area contributed by atoms with E-state index in [-0.39, 0.29) is 12.4 Å². The van der Waals surface area contributed by atoms with Crippen LogP contribution in [0, 0.1) is 0 Å². The molecule has 0 unspecified atom stereocenters. The fourth-order valence-corrected chi connectivity index (χ4v) is 1.69. The molecule has 0 aliphatic rings. The molecule has 0 aliphatic heterocycles. The molecule has 2 aromatic rings. The second-order valence-corrected chi connectivity index (χ2v) is 3.80. The highest BCUT2D eigenvalue weighted by atomic mass is 16.5. The van der Waals surface area contributed by atoms with Crippen molar-refractivity contribution in [1.29, 1.82) is 0 Å². The van der Waals surface area contributed by atoms with Crippen molar-refractivity contribution in [2.45, 2.75) is 0 Å². The lowest BCUT2D eigenvalue weighted by Gasteiger charge is -2.03. The number of carbonyl (C=O) groups excluding carboxylic acids is 1. The van der Waals surface area contributed by atoms with Gasteiger partial charge in [-0.05, 0) is 11.1 Å². The summed E-state index contributed by atoms with van der Waals surface area (Å²) >= 11 is 0. The van der Waals surface area contributed by atoms with Crippen molar-refractivity contribution in [1.82, 2.24) is 0 Å². The predicted molar refractivity (Wildman–Crippen MR) is 68.1 cm³/mol. The molecule has 17 heavy (non-hydrogen) atoms. The van der Waals surface area contributed by atoms with Gasteiger partial charge in [0.05, 0.1) is 0 Å². The van der Waals surface area contributed by atoms with Crippen LogP contribution in [-0.4, -0.2) is 19.5 Å². The van der Waals surface area contributed by atoms with E-state index in [2.05, 4.69) is 0 Å². The fraction of sp³-hybridized carbons (Fsp3) is 0.133. The molecular formula is C15H14O2. The first-order valence-electron chi connectivity index (χ1n) is 5.49. The summed E-state index contributed by atoms with van der Waals surface area (Å²) in [5, 5.41) is 0. The molecule has 0 aliphatic carbocycles. The topological polar surface area (TPSA) is 26.3 Å². The lowest BCUT2D eigenvalue weighted by atomic mass is 10.0. The average molecular weight is 226 g/mol. The standard InChI is InChI=1S/C15H14O2/c1-17-11-15(16)14-9-7-13(8-10-14)12-5-3-2-4-6-12/h2-10H,11H2,1H3. The quantitative estimate of drug-likeness (QED) is 0.748. The number of ketones is 1. The highest BCUT2D eigenvalue weighted by Gasteiger charge is 2.05. The van der Waals surface area contributed by atoms with Crippen LogP contribution in [0.25, 0.3) is 11.1 Å². The zero-order valence-electron chi connectivity index (χ0n) is 9.72. The Morgan fingerprint density at radius 3 is 2.12 bits per heavy atom. The Morgan fingerprint density at radius 1 is 0.941 bits per heavy atom. The van der Waals surface area contributed by atoms with Crippen molar-refractivity contribution >= 4 is 5.78 Å². The van der Waals surface area contributed by atoms with Gasteiger partial charge in [-0.2, -0.15) is 0 Å². The van der Waals surface area contributed by atoms with Crippen molar-refractivity contribution in [3.63, 3.8) is 0 Å². The molecule has 0 amide bonds. The van der Waals surface area contributed by atoms with E-state index in [0.29, 0.717) is 5.56 Å². The molecule has 0 atom stereocenters. The number of carbonyl (C=O) groups is 1. The molecule has 0 N–H and O–H groups in total. The molecule has 2 rings (SSSR count). The van der Waals surface area contributed by atoms with Crippen LogP contribution in [0.1, 0.15) is 10.4 Å². The first kappa shape index (κ1) is 11.6. The van der Waals surface area contributed by atoms with Crippen molar-refractivity contribution in [2.24, 2.45) is 0 Å². The van der Waals surface area contributed by atoms with Crippen LogP contribution in [0.2, 0.25) is 0 Å². The highest BCUT2D eigenvalue weighted by molar-refractivity contribution is 5.97. The summed E-state index contributed by atoms with van der Waals surface area (Å²) in [6.45, 7) is 0.130. The largest absolute Gasteiger partial charge is 0.377 e. The average Bonchev–Trinajstić information content (AvgIpc) is 2.40. The van der Waals surface area contributed by atoms with Gasteiger partial charge in [0.1, 0.15) is 6.61 Å². The SMILES string of the molecule is COCC(=O)c1ccc(-c2ccccc2)cc1. The number of Topliss-reactive ketones (excluding diaryl/α,β-unsaturated/α-hetero) is 1. The Balaban J connectivity index is 2.22. The van der Waals surface area contributed by atoms with Crippen LogP contribution in [0.5, 0.6) is 0 Å². The van der Waals surface area contributed by atoms with Crippen LogP contribution >= 0.6 is 0 Å². The van der Waals surface area contributed by atoms with Gasteiger partial charge in [-0.15, -0.1) is 0 Å². The third-order valence-electron chi connectivity index (χ3n) is 2.59. The Labute approximate surface area is 101 Å². The zero-order valence-corrected chi connectivity index (χ0v) is 9.72. The number of hydrogen-bond acceptors (Lipinski definition) is 2. The Morgan fingerprint density at radius 2 is 1.53 bits per heavy atom. The summed E-state index contributed by atoms with van der Waals surface area (Å²) in [5.41, 5.74) is 2.95. The van der Waals surface area contributed by atoms with Crippen molar-refractivity contribution in [2.75, 3.05) is 13.7 Å². The minimum absolute atomic E-state index is 0.00658. The molecule has 0 spiro atoms. The molecule has 86 valence electrons. The molecule has 2 heteroatoms. The number of ether oxygens (including phenoxy) is 1. The predicted octanol–water partition coefficient (Wildman–Crippen LogP) is 3.18. The number of methoxy groups -OCH3 is 1. The van der Waals surface area contributed by atoms with E-state index >= 15 is 0 Å². The lowest BCUT2D eigenvalue weighted by molar-refractivity contribution is 0.0848. The van der Waals surface area contributed by atoms with Gasteiger partial charge in [-0.1, -0.05) is 54.6 Å². The van der Waals surface area contributed by atoms with Crippen molar-refractivity contribution in [3.05, 3.63) is 60.2 Å². The van der Waals surface area contributed by atoms with Gasteiger partial charge in [0.25, 0.3) is 0 Å². The Kier molecular flexibility index (Phi) is 3.68. The molecular weight excluding hydrogens is 212 g/mol. The van der Waals surface area contributed by atoms with E-state index in [1.54, 1.807) is 0 Å². The van der Waals surface area contributed by atoms with Gasteiger partial charge in [0.2, 0.25) is 0 Å². The van der Waals surface area contributed by atoms with Gasteiger partial charge >= 0.3 is 0 Å². The number of hydrogen-bond donors (Lipinski definition) is 0. The highest BCUT2D eigenvalue weighted by Crippen LogP contribution is 2.19. The van der Waals surface area contributed by atoms with Crippen molar-refractivity contribution in [3.8, 4) is 11.1 Å². The third-order valence-corrected chi connectivity index (χ3v) is 2.59. The number of benzene rings is 2. The van der Waals surface area contributed by atoms with Crippen LogP contribution < -0.4 is 0 Å². The fourth-order valence-electron chi connectivity index (χ4n) is 1.69. The summed E-state index contributed by atoms with van der Waals surface area (Å²) in [4.78, 5) is 11.6.